The molecule has 0 aromatic heterocycles. The van der Waals surface area contributed by atoms with Crippen LogP contribution in [0.1, 0.15) is 44.7 Å². The summed E-state index contributed by atoms with van der Waals surface area (Å²) in [7, 11) is -3.56. The van der Waals surface area contributed by atoms with Crippen LogP contribution in [0.4, 0.5) is 4.79 Å². The predicted molar refractivity (Wildman–Crippen MR) is 98.8 cm³/mol. The first-order valence-electron chi connectivity index (χ1n) is 8.37. The number of unbranched alkanes of at least 4 members (excludes halogenated alkanes) is 1. The van der Waals surface area contributed by atoms with E-state index in [0.717, 1.165) is 0 Å². The minimum atomic E-state index is -3.56. The highest BCUT2D eigenvalue weighted by atomic mass is 32.2. The lowest BCUT2D eigenvalue weighted by atomic mass is 10.1. The van der Waals surface area contributed by atoms with Gasteiger partial charge in [-0.25, -0.2) is 13.2 Å². The Morgan fingerprint density at radius 3 is 2.73 bits per heavy atom. The van der Waals surface area contributed by atoms with Crippen molar-refractivity contribution < 1.29 is 22.7 Å². The zero-order valence-electron chi connectivity index (χ0n) is 15.2. The molecule has 0 radical (unpaired) electrons. The minimum Gasteiger partial charge on any atom is -0.493 e. The van der Waals surface area contributed by atoms with E-state index in [0.29, 0.717) is 42.9 Å². The Balaban J connectivity index is 1.81. The number of nitrogens with zero attached hydrogens (tertiary/aromatic N) is 1. The number of hydrogen-bond donors (Lipinski definition) is 2. The van der Waals surface area contributed by atoms with E-state index in [4.69, 9.17) is 15.2 Å². The van der Waals surface area contributed by atoms with Crippen LogP contribution in [0, 0.1) is 0 Å². The molecular weight excluding hydrogens is 358 g/mol. The molecule has 1 amide bonds. The van der Waals surface area contributed by atoms with Crippen molar-refractivity contribution in [3.63, 3.8) is 0 Å². The van der Waals surface area contributed by atoms with Crippen LogP contribution in [-0.4, -0.2) is 39.1 Å². The van der Waals surface area contributed by atoms with E-state index >= 15 is 0 Å². The van der Waals surface area contributed by atoms with Gasteiger partial charge in [0.15, 0.2) is 0 Å². The molecule has 26 heavy (non-hydrogen) atoms. The number of sulfonamides is 1. The lowest BCUT2D eigenvalue weighted by molar-refractivity contribution is 0.0526. The Bertz CT molecular complexity index is 797. The quantitative estimate of drug-likeness (QED) is 0.724. The molecule has 0 fully saturated rings. The average molecular weight is 383 g/mol. The summed E-state index contributed by atoms with van der Waals surface area (Å²) in [5.74, 6) is 0.284. The molecular formula is C17H25N3O5S. The number of amidine groups is 1. The molecule has 1 aliphatic heterocycles. The molecule has 0 saturated carbocycles. The molecule has 144 valence electrons. The maximum absolute atomic E-state index is 11.7. The molecule has 3 N–H and O–H groups in total. The van der Waals surface area contributed by atoms with E-state index in [1.807, 2.05) is 0 Å². The largest absolute Gasteiger partial charge is 0.493 e. The van der Waals surface area contributed by atoms with Crippen molar-refractivity contribution in [3.05, 3.63) is 29.3 Å². The molecule has 0 aliphatic carbocycles. The van der Waals surface area contributed by atoms with Crippen LogP contribution in [-0.2, 0) is 20.5 Å². The molecule has 1 aromatic carbocycles. The van der Waals surface area contributed by atoms with E-state index in [9.17, 15) is 13.2 Å². The van der Waals surface area contributed by atoms with Crippen molar-refractivity contribution >= 4 is 22.0 Å². The topological polar surface area (TPSA) is 120 Å². The van der Waals surface area contributed by atoms with Gasteiger partial charge < -0.3 is 20.5 Å². The normalized spacial score (nSPS) is 15.6. The van der Waals surface area contributed by atoms with Crippen molar-refractivity contribution in [1.82, 2.24) is 5.32 Å². The van der Waals surface area contributed by atoms with Crippen LogP contribution in [0.25, 0.3) is 0 Å². The van der Waals surface area contributed by atoms with Crippen LogP contribution in [0.15, 0.2) is 22.6 Å². The third-order valence-electron chi connectivity index (χ3n) is 3.44. The lowest BCUT2D eigenvalue weighted by Crippen LogP contribution is -2.33. The molecule has 0 bridgehead atoms. The second-order valence-corrected chi connectivity index (χ2v) is 8.61. The van der Waals surface area contributed by atoms with Crippen molar-refractivity contribution in [2.75, 3.05) is 13.2 Å². The van der Waals surface area contributed by atoms with Gasteiger partial charge in [0.1, 0.15) is 17.2 Å². The Kier molecular flexibility index (Phi) is 6.12. The molecule has 2 rings (SSSR count). The van der Waals surface area contributed by atoms with Gasteiger partial charge in [-0.05, 0) is 45.2 Å². The van der Waals surface area contributed by atoms with Crippen molar-refractivity contribution in [2.24, 2.45) is 10.1 Å². The van der Waals surface area contributed by atoms with Gasteiger partial charge in [0, 0.05) is 6.54 Å². The summed E-state index contributed by atoms with van der Waals surface area (Å²) >= 11 is 0. The lowest BCUT2D eigenvalue weighted by Gasteiger charge is -2.19. The Labute approximate surface area is 153 Å². The summed E-state index contributed by atoms with van der Waals surface area (Å²) in [5.41, 5.74) is 6.39. The molecule has 8 nitrogen and oxygen atoms in total. The number of rotatable bonds is 6. The van der Waals surface area contributed by atoms with Crippen LogP contribution in [0.2, 0.25) is 0 Å². The first kappa shape index (κ1) is 20.0. The summed E-state index contributed by atoms with van der Waals surface area (Å²) in [6, 6.07) is 5.16. The summed E-state index contributed by atoms with van der Waals surface area (Å²) in [4.78, 5) is 11.5. The third kappa shape index (κ3) is 5.91. The number of nitrogens with two attached hydrogens (primary N) is 1. The predicted octanol–water partition coefficient (Wildman–Crippen LogP) is 1.92. The van der Waals surface area contributed by atoms with E-state index in [2.05, 4.69) is 9.71 Å². The highest BCUT2D eigenvalue weighted by molar-refractivity contribution is 7.89. The highest BCUT2D eigenvalue weighted by Gasteiger charge is 2.25. The number of carbonyl (C=O) groups excluding carboxylic acids is 1. The van der Waals surface area contributed by atoms with E-state index in [-0.39, 0.29) is 11.6 Å². The van der Waals surface area contributed by atoms with Crippen molar-refractivity contribution in [1.29, 1.82) is 0 Å². The molecule has 0 unspecified atom stereocenters. The van der Waals surface area contributed by atoms with E-state index < -0.39 is 21.7 Å². The Morgan fingerprint density at radius 1 is 1.31 bits per heavy atom. The second-order valence-electron chi connectivity index (χ2n) is 6.98. The summed E-state index contributed by atoms with van der Waals surface area (Å²) in [6.07, 6.45) is 0.974. The number of nitrogens with one attached hydrogen (secondary N) is 1. The molecule has 0 spiro atoms. The SMILES string of the molecule is CC(C)(C)OC(=O)NCCCCOc1cccc2c1C(N)=NS(=O)(=O)C2. The van der Waals surface area contributed by atoms with Gasteiger partial charge in [-0.3, -0.25) is 0 Å². The number of amides is 1. The smallest absolute Gasteiger partial charge is 0.407 e. The fourth-order valence-corrected chi connectivity index (χ4v) is 3.54. The number of fused-ring (bicyclic) bond motifs is 1. The summed E-state index contributed by atoms with van der Waals surface area (Å²) in [5, 5.41) is 2.68. The number of alkyl carbamates (subject to hydrolysis) is 1. The molecule has 1 aliphatic rings. The molecule has 1 aromatic rings. The maximum atomic E-state index is 11.7. The van der Waals surface area contributed by atoms with E-state index in [1.54, 1.807) is 39.0 Å². The number of benzene rings is 1. The fraction of sp³-hybridized carbons (Fsp3) is 0.529. The number of ether oxygens (including phenoxy) is 2. The summed E-state index contributed by atoms with van der Waals surface area (Å²) in [6.45, 7) is 6.31. The summed E-state index contributed by atoms with van der Waals surface area (Å²) < 4.78 is 37.7. The zero-order valence-corrected chi connectivity index (χ0v) is 16.1. The molecule has 1 heterocycles. The second kappa shape index (κ2) is 7.94. The van der Waals surface area contributed by atoms with Crippen LogP contribution < -0.4 is 15.8 Å². The number of hydrogen-bond acceptors (Lipinski definition) is 6. The van der Waals surface area contributed by atoms with Gasteiger partial charge >= 0.3 is 6.09 Å². The average Bonchev–Trinajstić information content (AvgIpc) is 2.47. The molecule has 0 saturated heterocycles. The third-order valence-corrected chi connectivity index (χ3v) is 4.59. The zero-order chi connectivity index (χ0) is 19.4. The first-order valence-corrected chi connectivity index (χ1v) is 9.98. The van der Waals surface area contributed by atoms with Gasteiger partial charge in [-0.15, -0.1) is 4.40 Å². The van der Waals surface area contributed by atoms with Gasteiger partial charge in [-0.1, -0.05) is 12.1 Å². The van der Waals surface area contributed by atoms with Crippen molar-refractivity contribution in [2.45, 2.75) is 45.0 Å². The first-order chi connectivity index (χ1) is 12.1. The standard InChI is InChI=1S/C17H25N3O5S/c1-17(2,3)25-16(21)19-9-4-5-10-24-13-8-6-7-12-11-26(22,23)20-15(18)14(12)13/h6-8H,4-5,9-11H2,1-3H3,(H2,18,20)(H,19,21). The number of carbonyl (C=O) groups is 1. The Morgan fingerprint density at radius 2 is 2.04 bits per heavy atom. The minimum absolute atomic E-state index is 0.0477. The molecule has 0 atom stereocenters. The van der Waals surface area contributed by atoms with Crippen LogP contribution >= 0.6 is 0 Å². The van der Waals surface area contributed by atoms with Gasteiger partial charge in [0.05, 0.1) is 17.9 Å². The van der Waals surface area contributed by atoms with Gasteiger partial charge in [-0.2, -0.15) is 0 Å². The maximum Gasteiger partial charge on any atom is 0.407 e. The van der Waals surface area contributed by atoms with Crippen LogP contribution in [0.3, 0.4) is 0 Å². The van der Waals surface area contributed by atoms with E-state index in [1.165, 1.54) is 0 Å². The van der Waals surface area contributed by atoms with Crippen molar-refractivity contribution in [3.8, 4) is 5.75 Å². The van der Waals surface area contributed by atoms with Gasteiger partial charge in [0.25, 0.3) is 10.0 Å². The fourth-order valence-electron chi connectivity index (χ4n) is 2.45. The van der Waals surface area contributed by atoms with Gasteiger partial charge in [0.2, 0.25) is 0 Å². The monoisotopic (exact) mass is 383 g/mol. The highest BCUT2D eigenvalue weighted by Crippen LogP contribution is 2.28. The molecule has 9 heteroatoms. The Hall–Kier alpha value is -2.29. The van der Waals surface area contributed by atoms with Crippen LogP contribution in [0.5, 0.6) is 5.75 Å².